The van der Waals surface area contributed by atoms with Crippen LogP contribution in [0.4, 0.5) is 0 Å². The zero-order valence-corrected chi connectivity index (χ0v) is 13.3. The molecule has 4 heteroatoms. The van der Waals surface area contributed by atoms with Crippen LogP contribution in [-0.2, 0) is 4.79 Å². The van der Waals surface area contributed by atoms with E-state index in [1.807, 2.05) is 31.3 Å². The van der Waals surface area contributed by atoms with E-state index in [9.17, 15) is 4.79 Å². The fraction of sp³-hybridized carbons (Fsp3) is 0.588. The molecule has 0 saturated carbocycles. The number of hydrogen-bond donors (Lipinski definition) is 1. The summed E-state index contributed by atoms with van der Waals surface area (Å²) in [5.41, 5.74) is 1.21. The second kappa shape index (κ2) is 7.46. The van der Waals surface area contributed by atoms with Crippen LogP contribution in [0.1, 0.15) is 25.3 Å². The molecule has 1 heterocycles. The lowest BCUT2D eigenvalue weighted by molar-refractivity contribution is -0.134. The number of ether oxygens (including phenoxy) is 1. The van der Waals surface area contributed by atoms with E-state index in [1.165, 1.54) is 5.56 Å². The van der Waals surface area contributed by atoms with Crippen LogP contribution >= 0.6 is 0 Å². The van der Waals surface area contributed by atoms with Gasteiger partial charge >= 0.3 is 0 Å². The molecule has 1 aromatic rings. The fourth-order valence-corrected chi connectivity index (χ4v) is 2.66. The van der Waals surface area contributed by atoms with Crippen LogP contribution in [-0.4, -0.2) is 43.6 Å². The summed E-state index contributed by atoms with van der Waals surface area (Å²) in [6.07, 6.45) is 2.28. The lowest BCUT2D eigenvalue weighted by Gasteiger charge is -2.32. The Morgan fingerprint density at radius 3 is 2.76 bits per heavy atom. The molecular formula is C17H26N2O2. The van der Waals surface area contributed by atoms with Gasteiger partial charge in [0.15, 0.2) is 0 Å². The van der Waals surface area contributed by atoms with E-state index in [1.54, 1.807) is 4.90 Å². The summed E-state index contributed by atoms with van der Waals surface area (Å²) < 4.78 is 5.68. The molecule has 2 atom stereocenters. The number of carbonyl (C=O) groups is 1. The van der Waals surface area contributed by atoms with Crippen LogP contribution < -0.4 is 10.1 Å². The van der Waals surface area contributed by atoms with Crippen molar-refractivity contribution in [2.75, 3.05) is 26.7 Å². The zero-order valence-electron chi connectivity index (χ0n) is 13.3. The molecule has 0 aliphatic carbocycles. The highest BCUT2D eigenvalue weighted by Gasteiger charge is 2.29. The van der Waals surface area contributed by atoms with Gasteiger partial charge in [0.1, 0.15) is 12.4 Å². The number of rotatable bonds is 5. The topological polar surface area (TPSA) is 41.6 Å². The second-order valence-electron chi connectivity index (χ2n) is 5.97. The van der Waals surface area contributed by atoms with Crippen molar-refractivity contribution in [3.8, 4) is 5.75 Å². The first kappa shape index (κ1) is 15.8. The van der Waals surface area contributed by atoms with E-state index in [4.69, 9.17) is 4.74 Å². The monoisotopic (exact) mass is 290 g/mol. The van der Waals surface area contributed by atoms with Gasteiger partial charge in [0.2, 0.25) is 5.91 Å². The molecule has 1 N–H and O–H groups in total. The quantitative estimate of drug-likeness (QED) is 0.904. The van der Waals surface area contributed by atoms with Crippen LogP contribution in [0.3, 0.4) is 0 Å². The number of nitrogens with zero attached hydrogens (tertiary/aromatic N) is 1. The molecule has 0 aromatic heterocycles. The normalized spacial score (nSPS) is 21.9. The van der Waals surface area contributed by atoms with Crippen molar-refractivity contribution in [1.82, 2.24) is 10.2 Å². The Labute approximate surface area is 127 Å². The van der Waals surface area contributed by atoms with Crippen LogP contribution in [0, 0.1) is 12.8 Å². The van der Waals surface area contributed by atoms with Crippen LogP contribution in [0.2, 0.25) is 0 Å². The van der Waals surface area contributed by atoms with E-state index in [2.05, 4.69) is 19.2 Å². The smallest absolute Gasteiger partial charge is 0.239 e. The zero-order chi connectivity index (χ0) is 15.2. The average molecular weight is 290 g/mol. The highest BCUT2D eigenvalue weighted by Crippen LogP contribution is 2.17. The van der Waals surface area contributed by atoms with Crippen LogP contribution in [0.5, 0.6) is 5.75 Å². The van der Waals surface area contributed by atoms with E-state index >= 15 is 0 Å². The van der Waals surface area contributed by atoms with Gasteiger partial charge in [0, 0.05) is 7.05 Å². The lowest BCUT2D eigenvalue weighted by atomic mass is 9.92. The van der Waals surface area contributed by atoms with Gasteiger partial charge in [-0.05, 0) is 44.4 Å². The van der Waals surface area contributed by atoms with Crippen molar-refractivity contribution >= 4 is 5.91 Å². The maximum absolute atomic E-state index is 12.4. The maximum Gasteiger partial charge on any atom is 0.239 e. The van der Waals surface area contributed by atoms with Gasteiger partial charge in [-0.2, -0.15) is 0 Å². The third-order valence-electron chi connectivity index (χ3n) is 4.13. The number of amides is 1. The number of nitrogens with one attached hydrogen (secondary N) is 1. The Morgan fingerprint density at radius 2 is 2.10 bits per heavy atom. The predicted molar refractivity (Wildman–Crippen MR) is 84.5 cm³/mol. The van der Waals surface area contributed by atoms with Gasteiger partial charge in [-0.25, -0.2) is 0 Å². The van der Waals surface area contributed by atoms with Gasteiger partial charge in [-0.1, -0.05) is 24.6 Å². The molecule has 4 nitrogen and oxygen atoms in total. The van der Waals surface area contributed by atoms with Gasteiger partial charge in [-0.15, -0.1) is 0 Å². The number of piperidine rings is 1. The first-order chi connectivity index (χ1) is 10.1. The van der Waals surface area contributed by atoms with Crippen LogP contribution in [0.15, 0.2) is 24.3 Å². The predicted octanol–water partition coefficient (Wildman–Crippen LogP) is 2.22. The number of benzene rings is 1. The van der Waals surface area contributed by atoms with Crippen molar-refractivity contribution in [3.05, 3.63) is 29.8 Å². The Hall–Kier alpha value is -1.55. The van der Waals surface area contributed by atoms with Gasteiger partial charge in [0.05, 0.1) is 12.6 Å². The maximum atomic E-state index is 12.4. The Kier molecular flexibility index (Phi) is 5.62. The molecule has 1 aromatic carbocycles. The molecule has 0 bridgehead atoms. The fourth-order valence-electron chi connectivity index (χ4n) is 2.66. The largest absolute Gasteiger partial charge is 0.492 e. The van der Waals surface area contributed by atoms with Gasteiger partial charge in [-0.3, -0.25) is 4.79 Å². The summed E-state index contributed by atoms with van der Waals surface area (Å²) in [7, 11) is 1.85. The highest BCUT2D eigenvalue weighted by molar-refractivity contribution is 5.82. The molecule has 1 aliphatic rings. The van der Waals surface area contributed by atoms with Crippen molar-refractivity contribution in [2.24, 2.45) is 5.92 Å². The first-order valence-electron chi connectivity index (χ1n) is 7.76. The number of aryl methyl sites for hydroxylation is 1. The summed E-state index contributed by atoms with van der Waals surface area (Å²) in [5, 5.41) is 3.33. The molecule has 21 heavy (non-hydrogen) atoms. The SMILES string of the molecule is Cc1ccc(OCCN(C)C(=O)C2NCCCC2C)cc1. The van der Waals surface area contributed by atoms with Gasteiger partial charge < -0.3 is 15.0 Å². The average Bonchev–Trinajstić information content (AvgIpc) is 2.49. The molecule has 1 amide bonds. The second-order valence-corrected chi connectivity index (χ2v) is 5.97. The molecule has 0 spiro atoms. The number of likely N-dealkylation sites (N-methyl/N-ethyl adjacent to an activating group) is 1. The molecule has 1 aliphatic heterocycles. The minimum Gasteiger partial charge on any atom is -0.492 e. The van der Waals surface area contributed by atoms with Crippen molar-refractivity contribution in [2.45, 2.75) is 32.7 Å². The standard InChI is InChI=1S/C17H26N2O2/c1-13-6-8-15(9-7-13)21-12-11-19(3)17(20)16-14(2)5-4-10-18-16/h6-9,14,16,18H,4-5,10-12H2,1-3H3. The summed E-state index contributed by atoms with van der Waals surface area (Å²) >= 11 is 0. The van der Waals surface area contributed by atoms with Gasteiger partial charge in [0.25, 0.3) is 0 Å². The first-order valence-corrected chi connectivity index (χ1v) is 7.76. The van der Waals surface area contributed by atoms with E-state index in [0.29, 0.717) is 19.1 Å². The van der Waals surface area contributed by atoms with E-state index in [-0.39, 0.29) is 11.9 Å². The Morgan fingerprint density at radius 1 is 1.38 bits per heavy atom. The summed E-state index contributed by atoms with van der Waals surface area (Å²) in [4.78, 5) is 14.2. The van der Waals surface area contributed by atoms with Crippen molar-refractivity contribution in [1.29, 1.82) is 0 Å². The number of hydrogen-bond acceptors (Lipinski definition) is 3. The van der Waals surface area contributed by atoms with Crippen molar-refractivity contribution < 1.29 is 9.53 Å². The molecule has 116 valence electrons. The molecule has 2 rings (SSSR count). The summed E-state index contributed by atoms with van der Waals surface area (Å²) in [6.45, 7) is 6.26. The summed E-state index contributed by atoms with van der Waals surface area (Å²) in [6, 6.07) is 7.93. The van der Waals surface area contributed by atoms with E-state index in [0.717, 1.165) is 25.1 Å². The molecular weight excluding hydrogens is 264 g/mol. The minimum absolute atomic E-state index is 0.0388. The van der Waals surface area contributed by atoms with Crippen LogP contribution in [0.25, 0.3) is 0 Å². The third-order valence-corrected chi connectivity index (χ3v) is 4.13. The summed E-state index contributed by atoms with van der Waals surface area (Å²) in [5.74, 6) is 1.44. The molecule has 2 unspecified atom stereocenters. The molecule has 1 saturated heterocycles. The molecule has 1 fully saturated rings. The third kappa shape index (κ3) is 4.46. The lowest BCUT2D eigenvalue weighted by Crippen LogP contribution is -2.51. The minimum atomic E-state index is -0.0388. The van der Waals surface area contributed by atoms with E-state index < -0.39 is 0 Å². The Balaban J connectivity index is 1.77. The Bertz CT molecular complexity index is 458. The van der Waals surface area contributed by atoms with Crippen molar-refractivity contribution in [3.63, 3.8) is 0 Å². The number of carbonyl (C=O) groups excluding carboxylic acids is 1. The molecule has 0 radical (unpaired) electrons. The highest BCUT2D eigenvalue weighted by atomic mass is 16.5.